The molecule has 0 aliphatic rings. The van der Waals surface area contributed by atoms with E-state index in [2.05, 4.69) is 11.4 Å². The number of fused-ring (bicyclic) bond motifs is 1. The van der Waals surface area contributed by atoms with Gasteiger partial charge in [-0.1, -0.05) is 6.07 Å². The summed E-state index contributed by atoms with van der Waals surface area (Å²) in [5.74, 6) is -0.175. The molecule has 0 spiro atoms. The molecule has 0 unspecified atom stereocenters. The Morgan fingerprint density at radius 3 is 3.00 bits per heavy atom. The fraction of sp³-hybridized carbons (Fsp3) is 0.273. The maximum Gasteiger partial charge on any atom is 0.124 e. The second-order valence-electron chi connectivity index (χ2n) is 3.36. The van der Waals surface area contributed by atoms with Crippen LogP contribution >= 0.6 is 11.3 Å². The zero-order chi connectivity index (χ0) is 10.7. The predicted molar refractivity (Wildman–Crippen MR) is 62.5 cm³/mol. The summed E-state index contributed by atoms with van der Waals surface area (Å²) >= 11 is 1.62. The van der Waals surface area contributed by atoms with E-state index >= 15 is 0 Å². The van der Waals surface area contributed by atoms with Crippen LogP contribution in [0.4, 0.5) is 4.39 Å². The van der Waals surface area contributed by atoms with Gasteiger partial charge in [-0.2, -0.15) is 0 Å². The zero-order valence-electron chi connectivity index (χ0n) is 8.29. The van der Waals surface area contributed by atoms with Gasteiger partial charge in [0.15, 0.2) is 0 Å². The fourth-order valence-electron chi connectivity index (χ4n) is 1.46. The first-order valence-corrected chi connectivity index (χ1v) is 5.70. The average molecular weight is 224 g/mol. The molecular weight excluding hydrogens is 211 g/mol. The molecule has 0 bridgehead atoms. The third-order valence-corrected chi connectivity index (χ3v) is 3.25. The maximum absolute atomic E-state index is 12.9. The van der Waals surface area contributed by atoms with Gasteiger partial charge < -0.3 is 11.1 Å². The summed E-state index contributed by atoms with van der Waals surface area (Å²) in [7, 11) is 0. The first-order valence-electron chi connectivity index (χ1n) is 4.88. The molecule has 1 aromatic carbocycles. The van der Waals surface area contributed by atoms with Crippen LogP contribution in [0.3, 0.4) is 0 Å². The number of hydrogen-bond acceptors (Lipinski definition) is 3. The van der Waals surface area contributed by atoms with E-state index in [9.17, 15) is 4.39 Å². The minimum Gasteiger partial charge on any atom is -0.329 e. The van der Waals surface area contributed by atoms with Crippen molar-refractivity contribution in [3.8, 4) is 0 Å². The molecule has 1 heterocycles. The van der Waals surface area contributed by atoms with Crippen molar-refractivity contribution in [2.24, 2.45) is 5.73 Å². The van der Waals surface area contributed by atoms with E-state index in [1.54, 1.807) is 17.4 Å². The third kappa shape index (κ3) is 2.53. The van der Waals surface area contributed by atoms with Gasteiger partial charge >= 0.3 is 0 Å². The largest absolute Gasteiger partial charge is 0.329 e. The third-order valence-electron chi connectivity index (χ3n) is 2.15. The van der Waals surface area contributed by atoms with Crippen molar-refractivity contribution in [1.82, 2.24) is 5.32 Å². The van der Waals surface area contributed by atoms with Crippen molar-refractivity contribution in [2.75, 3.05) is 13.1 Å². The van der Waals surface area contributed by atoms with E-state index in [0.717, 1.165) is 23.2 Å². The van der Waals surface area contributed by atoms with Gasteiger partial charge in [-0.05, 0) is 23.6 Å². The first kappa shape index (κ1) is 10.5. The molecule has 0 aliphatic heterocycles. The molecular formula is C11H13FN2S. The van der Waals surface area contributed by atoms with E-state index < -0.39 is 0 Å². The number of thiophene rings is 1. The second kappa shape index (κ2) is 4.70. The minimum absolute atomic E-state index is 0.175. The number of nitrogens with two attached hydrogens (primary N) is 1. The normalized spacial score (nSPS) is 11.1. The lowest BCUT2D eigenvalue weighted by atomic mass is 10.2. The van der Waals surface area contributed by atoms with Crippen LogP contribution in [-0.2, 0) is 6.54 Å². The van der Waals surface area contributed by atoms with Crippen molar-refractivity contribution in [1.29, 1.82) is 0 Å². The smallest absolute Gasteiger partial charge is 0.124 e. The Hall–Kier alpha value is -0.970. The Morgan fingerprint density at radius 2 is 2.20 bits per heavy atom. The molecule has 2 nitrogen and oxygen atoms in total. The van der Waals surface area contributed by atoms with Gasteiger partial charge in [-0.25, -0.2) is 4.39 Å². The summed E-state index contributed by atoms with van der Waals surface area (Å²) in [5, 5.41) is 4.32. The van der Waals surface area contributed by atoms with Crippen LogP contribution in [0, 0.1) is 5.82 Å². The van der Waals surface area contributed by atoms with Crippen LogP contribution in [0.25, 0.3) is 10.1 Å². The molecule has 0 atom stereocenters. The number of halogens is 1. The van der Waals surface area contributed by atoms with Crippen molar-refractivity contribution >= 4 is 21.4 Å². The molecule has 80 valence electrons. The monoisotopic (exact) mass is 224 g/mol. The van der Waals surface area contributed by atoms with Crippen LogP contribution < -0.4 is 11.1 Å². The molecule has 0 aliphatic carbocycles. The summed E-state index contributed by atoms with van der Waals surface area (Å²) < 4.78 is 13.9. The zero-order valence-corrected chi connectivity index (χ0v) is 9.11. The van der Waals surface area contributed by atoms with Gasteiger partial charge in [0.2, 0.25) is 0 Å². The minimum atomic E-state index is -0.175. The summed E-state index contributed by atoms with van der Waals surface area (Å²) in [5.41, 5.74) is 5.38. The molecule has 0 radical (unpaired) electrons. The number of hydrogen-bond donors (Lipinski definition) is 2. The quantitative estimate of drug-likeness (QED) is 0.780. The van der Waals surface area contributed by atoms with Crippen molar-refractivity contribution in [3.63, 3.8) is 0 Å². The molecule has 3 N–H and O–H groups in total. The lowest BCUT2D eigenvalue weighted by Crippen LogP contribution is -2.21. The molecule has 0 saturated carbocycles. The number of benzene rings is 1. The molecule has 0 fully saturated rings. The van der Waals surface area contributed by atoms with Gasteiger partial charge in [0, 0.05) is 29.2 Å². The van der Waals surface area contributed by atoms with E-state index in [4.69, 9.17) is 5.73 Å². The Labute approximate surface area is 91.9 Å². The molecule has 0 saturated heterocycles. The van der Waals surface area contributed by atoms with Gasteiger partial charge in [0.25, 0.3) is 0 Å². The van der Waals surface area contributed by atoms with Gasteiger partial charge in [-0.3, -0.25) is 0 Å². The average Bonchev–Trinajstić information content (AvgIpc) is 2.60. The predicted octanol–water partition coefficient (Wildman–Crippen LogP) is 2.09. The lowest BCUT2D eigenvalue weighted by molar-refractivity contribution is 0.630. The molecule has 4 heteroatoms. The Morgan fingerprint density at radius 1 is 1.33 bits per heavy atom. The maximum atomic E-state index is 12.9. The van der Waals surface area contributed by atoms with E-state index in [-0.39, 0.29) is 5.82 Å². The molecule has 1 aromatic heterocycles. The second-order valence-corrected chi connectivity index (χ2v) is 4.53. The number of rotatable bonds is 4. The highest BCUT2D eigenvalue weighted by Gasteiger charge is 2.02. The highest BCUT2D eigenvalue weighted by molar-refractivity contribution is 7.19. The SMILES string of the molecule is NCCNCc1cc2ccc(F)cc2s1. The van der Waals surface area contributed by atoms with Crippen LogP contribution in [0.5, 0.6) is 0 Å². The topological polar surface area (TPSA) is 38.0 Å². The highest BCUT2D eigenvalue weighted by Crippen LogP contribution is 2.26. The lowest BCUT2D eigenvalue weighted by Gasteiger charge is -1.98. The molecule has 0 amide bonds. The van der Waals surface area contributed by atoms with Gasteiger partial charge in [-0.15, -0.1) is 11.3 Å². The van der Waals surface area contributed by atoms with Crippen molar-refractivity contribution in [2.45, 2.75) is 6.54 Å². The fourth-order valence-corrected chi connectivity index (χ4v) is 2.52. The molecule has 15 heavy (non-hydrogen) atoms. The van der Waals surface area contributed by atoms with Gasteiger partial charge in [0.1, 0.15) is 5.82 Å². The van der Waals surface area contributed by atoms with Gasteiger partial charge in [0.05, 0.1) is 0 Å². The Bertz CT molecular complexity index is 453. The summed E-state index contributed by atoms with van der Waals surface area (Å²) in [4.78, 5) is 1.21. The summed E-state index contributed by atoms with van der Waals surface area (Å²) in [6, 6.07) is 6.97. The van der Waals surface area contributed by atoms with E-state index in [1.807, 2.05) is 6.07 Å². The van der Waals surface area contributed by atoms with Crippen LogP contribution in [0.1, 0.15) is 4.88 Å². The standard InChI is InChI=1S/C11H13FN2S/c12-9-2-1-8-5-10(7-14-4-3-13)15-11(8)6-9/h1-2,5-6,14H,3-4,7,13H2. The first-order chi connectivity index (χ1) is 7.29. The van der Waals surface area contributed by atoms with E-state index in [0.29, 0.717) is 6.54 Å². The summed E-state index contributed by atoms with van der Waals surface area (Å²) in [6.07, 6.45) is 0. The summed E-state index contributed by atoms with van der Waals surface area (Å²) in [6.45, 7) is 2.25. The Kier molecular flexibility index (Phi) is 3.30. The molecule has 2 aromatic rings. The molecule has 2 rings (SSSR count). The van der Waals surface area contributed by atoms with E-state index in [1.165, 1.54) is 10.9 Å². The Balaban J connectivity index is 2.16. The van der Waals surface area contributed by atoms with Crippen LogP contribution in [0.15, 0.2) is 24.3 Å². The number of nitrogens with one attached hydrogen (secondary N) is 1. The van der Waals surface area contributed by atoms with Crippen molar-refractivity contribution in [3.05, 3.63) is 35.0 Å². The van der Waals surface area contributed by atoms with Crippen molar-refractivity contribution < 1.29 is 4.39 Å². The van der Waals surface area contributed by atoms with Crippen LogP contribution in [0.2, 0.25) is 0 Å². The highest BCUT2D eigenvalue weighted by atomic mass is 32.1. The van der Waals surface area contributed by atoms with Crippen LogP contribution in [-0.4, -0.2) is 13.1 Å².